The second kappa shape index (κ2) is 7.03. The first kappa shape index (κ1) is 15.2. The maximum atomic E-state index is 10.8. The number of urea groups is 1. The van der Waals surface area contributed by atoms with Crippen molar-refractivity contribution in [1.29, 1.82) is 0 Å². The zero-order valence-corrected chi connectivity index (χ0v) is 11.9. The number of benzene rings is 1. The van der Waals surface area contributed by atoms with E-state index in [1.807, 2.05) is 30.3 Å². The molecule has 0 fully saturated rings. The van der Waals surface area contributed by atoms with Gasteiger partial charge in [-0.15, -0.1) is 0 Å². The lowest BCUT2D eigenvalue weighted by Crippen LogP contribution is -2.38. The number of nitrogens with two attached hydrogens (primary N) is 1. The zero-order chi connectivity index (χ0) is 15.9. The normalized spacial score (nSPS) is 10.6. The molecule has 1 unspecified atom stereocenters. The van der Waals surface area contributed by atoms with Gasteiger partial charge in [-0.05, 0) is 43.0 Å². The third kappa shape index (κ3) is 4.17. The van der Waals surface area contributed by atoms with Crippen molar-refractivity contribution in [2.75, 3.05) is 0 Å². The molecule has 0 spiro atoms. The maximum absolute atomic E-state index is 10.8. The zero-order valence-electron chi connectivity index (χ0n) is 11.9. The Labute approximate surface area is 128 Å². The molecule has 2 rings (SSSR count). The quantitative estimate of drug-likeness (QED) is 0.480. The highest BCUT2D eigenvalue weighted by atomic mass is 16.5. The van der Waals surface area contributed by atoms with Crippen LogP contribution in [0.5, 0.6) is 0 Å². The molecule has 1 aromatic heterocycles. The highest BCUT2D eigenvalue weighted by molar-refractivity contribution is 5.71. The van der Waals surface area contributed by atoms with Crippen molar-refractivity contribution in [2.45, 2.75) is 13.0 Å². The van der Waals surface area contributed by atoms with Crippen molar-refractivity contribution in [3.8, 4) is 23.7 Å². The molecule has 1 aromatic carbocycles. The van der Waals surface area contributed by atoms with Crippen LogP contribution in [0, 0.1) is 23.7 Å². The molecule has 0 aliphatic heterocycles. The van der Waals surface area contributed by atoms with Crippen molar-refractivity contribution in [3.63, 3.8) is 0 Å². The van der Waals surface area contributed by atoms with Crippen LogP contribution in [-0.4, -0.2) is 22.3 Å². The summed E-state index contributed by atoms with van der Waals surface area (Å²) < 4.78 is 5.43. The summed E-state index contributed by atoms with van der Waals surface area (Å²) in [7, 11) is 0. The van der Waals surface area contributed by atoms with Gasteiger partial charge >= 0.3 is 6.03 Å². The molecule has 0 bridgehead atoms. The lowest BCUT2D eigenvalue weighted by Gasteiger charge is -2.14. The molecule has 1 heterocycles. The molecule has 0 saturated carbocycles. The van der Waals surface area contributed by atoms with Gasteiger partial charge in [0, 0.05) is 5.56 Å². The summed E-state index contributed by atoms with van der Waals surface area (Å²) in [5, 5.41) is 9.65. The first-order valence-electron chi connectivity index (χ1n) is 6.52. The predicted molar refractivity (Wildman–Crippen MR) is 80.7 cm³/mol. The highest BCUT2D eigenvalue weighted by Gasteiger charge is 2.11. The molecular weight excluding hydrogens is 280 g/mol. The van der Waals surface area contributed by atoms with E-state index in [2.05, 4.69) is 23.7 Å². The smallest absolute Gasteiger partial charge is 0.339 e. The van der Waals surface area contributed by atoms with Crippen LogP contribution >= 0.6 is 0 Å². The first-order chi connectivity index (χ1) is 10.6. The third-order valence-corrected chi connectivity index (χ3v) is 2.71. The Morgan fingerprint density at radius 1 is 1.14 bits per heavy atom. The fourth-order valence-electron chi connectivity index (χ4n) is 1.56. The van der Waals surface area contributed by atoms with E-state index < -0.39 is 12.1 Å². The molecule has 5 heteroatoms. The average Bonchev–Trinajstić information content (AvgIpc) is 2.98. The second-order valence-corrected chi connectivity index (χ2v) is 4.41. The van der Waals surface area contributed by atoms with Gasteiger partial charge in [0.25, 0.3) is 0 Å². The topological polar surface area (TPSA) is 79.7 Å². The van der Waals surface area contributed by atoms with Gasteiger partial charge in [0.05, 0.1) is 0 Å². The maximum Gasteiger partial charge on any atom is 0.339 e. The Hall–Kier alpha value is -3.15. The summed E-state index contributed by atoms with van der Waals surface area (Å²) in [5.74, 6) is 12.1. The van der Waals surface area contributed by atoms with E-state index in [0.29, 0.717) is 16.6 Å². The monoisotopic (exact) mass is 294 g/mol. The number of primary amides is 1. The molecule has 110 valence electrons. The molecule has 3 N–H and O–H groups in total. The Bertz CT molecular complexity index is 773. The van der Waals surface area contributed by atoms with Crippen LogP contribution in [0.2, 0.25) is 0 Å². The van der Waals surface area contributed by atoms with E-state index in [4.69, 9.17) is 10.2 Å². The Kier molecular flexibility index (Phi) is 4.87. The molecule has 22 heavy (non-hydrogen) atoms. The number of carbonyl (C=O) groups is 1. The van der Waals surface area contributed by atoms with E-state index in [1.165, 1.54) is 6.92 Å². The molecule has 0 aliphatic carbocycles. The largest absolute Gasteiger partial charge is 0.439 e. The van der Waals surface area contributed by atoms with Gasteiger partial charge in [-0.25, -0.2) is 4.79 Å². The number of rotatable bonds is 1. The van der Waals surface area contributed by atoms with Gasteiger partial charge < -0.3 is 10.2 Å². The number of hydrogen-bond donors (Lipinski definition) is 2. The van der Waals surface area contributed by atoms with Gasteiger partial charge in [-0.1, -0.05) is 30.0 Å². The number of carbonyl (C=O) groups excluding carboxylic acids is 1. The van der Waals surface area contributed by atoms with E-state index >= 15 is 0 Å². The van der Waals surface area contributed by atoms with Crippen LogP contribution in [-0.2, 0) is 0 Å². The predicted octanol–water partition coefficient (Wildman–Crippen LogP) is 2.19. The van der Waals surface area contributed by atoms with Gasteiger partial charge in [-0.2, -0.15) is 5.06 Å². The van der Waals surface area contributed by atoms with E-state index in [0.717, 1.165) is 5.56 Å². The molecule has 0 saturated heterocycles. The number of amides is 2. The third-order valence-electron chi connectivity index (χ3n) is 2.71. The summed E-state index contributed by atoms with van der Waals surface area (Å²) in [6.07, 6.45) is 0. The summed E-state index contributed by atoms with van der Waals surface area (Å²) in [6.45, 7) is 1.54. The van der Waals surface area contributed by atoms with Crippen LogP contribution in [0.4, 0.5) is 4.79 Å². The van der Waals surface area contributed by atoms with Crippen LogP contribution in [0.1, 0.15) is 24.0 Å². The molecular formula is C17H14N2O3. The van der Waals surface area contributed by atoms with Gasteiger partial charge in [0.15, 0.2) is 11.5 Å². The SMILES string of the molecule is CC(C#Cc1ccc(C#Cc2ccccc2)o1)N(O)C(N)=O. The molecule has 1 atom stereocenters. The van der Waals surface area contributed by atoms with Crippen LogP contribution in [0.3, 0.4) is 0 Å². The Morgan fingerprint density at radius 2 is 1.77 bits per heavy atom. The minimum absolute atomic E-state index is 0.353. The first-order valence-corrected chi connectivity index (χ1v) is 6.52. The van der Waals surface area contributed by atoms with Crippen LogP contribution in [0.15, 0.2) is 46.9 Å². The minimum Gasteiger partial charge on any atom is -0.439 e. The van der Waals surface area contributed by atoms with Crippen LogP contribution < -0.4 is 5.73 Å². The Balaban J connectivity index is 2.07. The molecule has 5 nitrogen and oxygen atoms in total. The van der Waals surface area contributed by atoms with Gasteiger partial charge in [0.1, 0.15) is 6.04 Å². The molecule has 0 radical (unpaired) electrons. The summed E-state index contributed by atoms with van der Waals surface area (Å²) in [6, 6.07) is 11.2. The van der Waals surface area contributed by atoms with Gasteiger partial charge in [-0.3, -0.25) is 5.21 Å². The minimum atomic E-state index is -0.962. The number of furan rings is 1. The van der Waals surface area contributed by atoms with Crippen molar-refractivity contribution in [2.24, 2.45) is 5.73 Å². The van der Waals surface area contributed by atoms with Crippen LogP contribution in [0.25, 0.3) is 0 Å². The summed E-state index contributed by atoms with van der Waals surface area (Å²) in [5.41, 5.74) is 5.82. The fraction of sp³-hybridized carbons (Fsp3) is 0.118. The van der Waals surface area contributed by atoms with E-state index in [9.17, 15) is 10.0 Å². The average molecular weight is 294 g/mol. The summed E-state index contributed by atoms with van der Waals surface area (Å²) in [4.78, 5) is 10.8. The molecule has 2 aromatic rings. The van der Waals surface area contributed by atoms with Crippen molar-refractivity contribution in [1.82, 2.24) is 5.06 Å². The molecule has 0 aliphatic rings. The fourth-order valence-corrected chi connectivity index (χ4v) is 1.56. The number of nitrogens with zero attached hydrogens (tertiary/aromatic N) is 1. The Morgan fingerprint density at radius 3 is 2.41 bits per heavy atom. The summed E-state index contributed by atoms with van der Waals surface area (Å²) >= 11 is 0. The number of hydroxylamine groups is 2. The standard InChI is InChI=1S/C17H14N2O3/c1-13(19(21)17(18)20)7-9-15-11-12-16(22-15)10-8-14-5-3-2-4-6-14/h2-6,11-13,21H,1H3,(H2,18,20). The van der Waals surface area contributed by atoms with Crippen molar-refractivity contribution < 1.29 is 14.4 Å². The van der Waals surface area contributed by atoms with Crippen molar-refractivity contribution >= 4 is 6.03 Å². The van der Waals surface area contributed by atoms with Gasteiger partial charge in [0.2, 0.25) is 0 Å². The lowest BCUT2D eigenvalue weighted by molar-refractivity contribution is -0.0536. The lowest BCUT2D eigenvalue weighted by atomic mass is 10.2. The molecule has 2 amide bonds. The highest BCUT2D eigenvalue weighted by Crippen LogP contribution is 2.06. The van der Waals surface area contributed by atoms with E-state index in [-0.39, 0.29) is 0 Å². The van der Waals surface area contributed by atoms with E-state index in [1.54, 1.807) is 12.1 Å². The number of hydrogen-bond acceptors (Lipinski definition) is 3. The van der Waals surface area contributed by atoms with Crippen molar-refractivity contribution in [3.05, 3.63) is 59.5 Å². The second-order valence-electron chi connectivity index (χ2n) is 4.41.